The standard InChI is InChI=1S/C26H16N6S2.C26H14N6S2.C9H10N2.C4H3NOS.ClH.Mn/c2*1-5-19-25(23-11-27-13-33-23)20-7-3-17(31-20)10-18-4-8-22(32-18)26(24-12-28-14-34-24)21-6-2-16(30-21)9-15(1)29-19;1-3-8(10-5-1)7-9-4-2-6-11-9;6-2-4-1-5-3-7-4;;/h1-14,29,31H;1-14H;1-6,10-11H,7H2;1-3H;1H;/q;-2;;;;+3/p-1. The van der Waals surface area contributed by atoms with E-state index >= 15 is 0 Å². The average Bonchev–Trinajstić information content (AvgIpc) is 3.29. The topological polar surface area (TPSA) is 224 Å². The van der Waals surface area contributed by atoms with E-state index in [1.54, 1.807) is 50.9 Å². The molecule has 16 nitrogen and oxygen atoms in total. The molecule has 0 radical (unpaired) electrons. The fourth-order valence-corrected chi connectivity index (χ4v) is 13.0. The zero-order valence-electron chi connectivity index (χ0n) is 45.7. The van der Waals surface area contributed by atoms with Crippen molar-refractivity contribution in [1.82, 2.24) is 74.8 Å². The molecule has 0 unspecified atom stereocenters. The van der Waals surface area contributed by atoms with Crippen molar-refractivity contribution in [2.24, 2.45) is 0 Å². The fourth-order valence-electron chi connectivity index (χ4n) is 9.85. The van der Waals surface area contributed by atoms with Crippen LogP contribution in [-0.4, -0.2) is 71.1 Å². The van der Waals surface area contributed by atoms with Crippen molar-refractivity contribution in [3.05, 3.63) is 230 Å². The number of fused-ring (bicyclic) bond motifs is 16. The number of halogens is 1. The third-order valence-electron chi connectivity index (χ3n) is 13.6. The quantitative estimate of drug-likeness (QED) is 0.0864. The summed E-state index contributed by atoms with van der Waals surface area (Å²) in [5, 5.41) is 0. The van der Waals surface area contributed by atoms with Crippen molar-refractivity contribution in [3.63, 3.8) is 0 Å². The third-order valence-corrected chi connectivity index (χ3v) is 17.5. The van der Waals surface area contributed by atoms with Crippen LogP contribution >= 0.6 is 56.7 Å². The van der Waals surface area contributed by atoms with E-state index in [2.05, 4.69) is 93.4 Å². The smallest absolute Gasteiger partial charge is 1.00 e. The van der Waals surface area contributed by atoms with Gasteiger partial charge in [-0.05, 0) is 109 Å². The number of aromatic nitrogens is 15. The Morgan fingerprint density at radius 1 is 0.420 bits per heavy atom. The molecule has 17 rings (SSSR count). The maximum atomic E-state index is 9.84. The molecule has 17 heterocycles. The summed E-state index contributed by atoms with van der Waals surface area (Å²) >= 11 is 7.71. The molecule has 4 aliphatic rings. The van der Waals surface area contributed by atoms with E-state index in [0.717, 1.165) is 144 Å². The van der Waals surface area contributed by atoms with Gasteiger partial charge in [0.05, 0.1) is 97.5 Å². The van der Waals surface area contributed by atoms with E-state index in [9.17, 15) is 4.79 Å². The molecule has 0 fully saturated rings. The number of hydrogen-bond donors (Lipinski definition) is 4. The van der Waals surface area contributed by atoms with E-state index in [-0.39, 0.29) is 29.5 Å². The summed E-state index contributed by atoms with van der Waals surface area (Å²) in [6, 6.07) is 32.8. The van der Waals surface area contributed by atoms with E-state index in [4.69, 9.17) is 29.9 Å². The normalized spacial score (nSPS) is 11.6. The Labute approximate surface area is 538 Å². The van der Waals surface area contributed by atoms with Crippen LogP contribution in [0.5, 0.6) is 0 Å². The molecular formula is C65H43ClMnN15OS5. The number of thiazole rings is 5. The molecule has 13 aromatic heterocycles. The van der Waals surface area contributed by atoms with Gasteiger partial charge in [0.2, 0.25) is 0 Å². The van der Waals surface area contributed by atoms with Gasteiger partial charge in [-0.3, -0.25) is 29.7 Å². The second kappa shape index (κ2) is 27.0. The number of carbonyl (C=O) groups excluding carboxylic acids is 1. The first-order valence-electron chi connectivity index (χ1n) is 26.7. The Balaban J connectivity index is 0.000000131. The first kappa shape index (κ1) is 58.8. The van der Waals surface area contributed by atoms with Crippen LogP contribution in [0.1, 0.15) is 66.6 Å². The Hall–Kier alpha value is -9.61. The third kappa shape index (κ3) is 13.2. The summed E-state index contributed by atoms with van der Waals surface area (Å²) in [6.45, 7) is 0. The predicted octanol–water partition coefficient (Wildman–Crippen LogP) is 13.0. The Kier molecular flexibility index (Phi) is 18.0. The van der Waals surface area contributed by atoms with E-state index in [1.165, 1.54) is 28.9 Å². The van der Waals surface area contributed by atoms with Crippen LogP contribution in [0.3, 0.4) is 0 Å². The summed E-state index contributed by atoms with van der Waals surface area (Å²) in [4.78, 5) is 78.4. The Morgan fingerprint density at radius 2 is 0.818 bits per heavy atom. The van der Waals surface area contributed by atoms with Gasteiger partial charge in [-0.1, -0.05) is 36.4 Å². The molecule has 428 valence electrons. The summed E-state index contributed by atoms with van der Waals surface area (Å²) in [5.74, 6) is 0. The zero-order chi connectivity index (χ0) is 57.6. The largest absolute Gasteiger partial charge is 3.00 e. The first-order valence-corrected chi connectivity index (χ1v) is 31.1. The van der Waals surface area contributed by atoms with Crippen LogP contribution in [0, 0.1) is 0 Å². The van der Waals surface area contributed by atoms with Crippen LogP contribution in [-0.2, 0) is 23.5 Å². The molecule has 0 aliphatic carbocycles. The number of aromatic amines is 4. The van der Waals surface area contributed by atoms with Gasteiger partial charge in [0.25, 0.3) is 0 Å². The zero-order valence-corrected chi connectivity index (χ0v) is 51.7. The molecule has 88 heavy (non-hydrogen) atoms. The molecule has 0 spiro atoms. The van der Waals surface area contributed by atoms with Crippen LogP contribution in [0.25, 0.3) is 135 Å². The number of carbonyl (C=O) groups is 1. The van der Waals surface area contributed by atoms with Crippen molar-refractivity contribution in [3.8, 4) is 41.8 Å². The minimum atomic E-state index is 0. The molecule has 0 aromatic carbocycles. The molecule has 23 heteroatoms. The molecular weight excluding hydrogens is 1260 g/mol. The maximum absolute atomic E-state index is 9.84. The first-order chi connectivity index (χ1) is 42.5. The summed E-state index contributed by atoms with van der Waals surface area (Å²) in [6.07, 6.45) is 30.9. The Morgan fingerprint density at radius 3 is 1.19 bits per heavy atom. The number of H-pyrrole nitrogens is 4. The van der Waals surface area contributed by atoms with E-state index < -0.39 is 0 Å². The maximum Gasteiger partial charge on any atom is 3.00 e. The monoisotopic (exact) mass is 1300 g/mol. The van der Waals surface area contributed by atoms with Crippen LogP contribution in [0.2, 0.25) is 0 Å². The summed E-state index contributed by atoms with van der Waals surface area (Å²) < 4.78 is 0. The van der Waals surface area contributed by atoms with Gasteiger partial charge in [-0.25, -0.2) is 19.9 Å². The van der Waals surface area contributed by atoms with Gasteiger partial charge in [0.1, 0.15) is 0 Å². The van der Waals surface area contributed by atoms with Crippen LogP contribution < -0.4 is 22.4 Å². The van der Waals surface area contributed by atoms with Crippen LogP contribution in [0.4, 0.5) is 0 Å². The number of hydrogen-bond acceptors (Lipinski definition) is 15. The molecule has 0 amide bonds. The predicted molar refractivity (Wildman–Crippen MR) is 352 cm³/mol. The molecule has 0 atom stereocenters. The molecule has 0 saturated heterocycles. The second-order valence-electron chi connectivity index (χ2n) is 19.3. The number of nitrogens with one attached hydrogen (secondary N) is 4. The number of aldehydes is 1. The molecule has 16 bridgehead atoms. The van der Waals surface area contributed by atoms with Gasteiger partial charge < -0.3 is 42.3 Å². The minimum Gasteiger partial charge on any atom is -1.00 e. The van der Waals surface area contributed by atoms with Crippen molar-refractivity contribution >= 4 is 156 Å². The van der Waals surface area contributed by atoms with Gasteiger partial charge >= 0.3 is 17.1 Å². The summed E-state index contributed by atoms with van der Waals surface area (Å²) in [5.41, 5.74) is 29.9. The van der Waals surface area contributed by atoms with Crippen molar-refractivity contribution in [2.45, 2.75) is 6.42 Å². The van der Waals surface area contributed by atoms with Crippen LogP contribution in [0.15, 0.2) is 168 Å². The molecule has 13 aromatic rings. The summed E-state index contributed by atoms with van der Waals surface area (Å²) in [7, 11) is 0. The van der Waals surface area contributed by atoms with Crippen molar-refractivity contribution in [1.29, 1.82) is 0 Å². The Bertz CT molecular complexity index is 4740. The number of nitrogens with zero attached hydrogens (tertiary/aromatic N) is 11. The minimum absolute atomic E-state index is 0. The van der Waals surface area contributed by atoms with Gasteiger partial charge in [-0.15, -0.1) is 78.8 Å². The van der Waals surface area contributed by atoms with E-state index in [1.807, 2.05) is 156 Å². The van der Waals surface area contributed by atoms with E-state index in [0.29, 0.717) is 4.88 Å². The fraction of sp³-hybridized carbons (Fsp3) is 0.0154. The van der Waals surface area contributed by atoms with Gasteiger partial charge in [0.15, 0.2) is 6.29 Å². The molecule has 4 aliphatic heterocycles. The van der Waals surface area contributed by atoms with Gasteiger partial charge in [-0.2, -0.15) is 0 Å². The van der Waals surface area contributed by atoms with Gasteiger partial charge in [0, 0.05) is 106 Å². The van der Waals surface area contributed by atoms with Crippen molar-refractivity contribution < 1.29 is 34.3 Å². The second-order valence-corrected chi connectivity index (χ2v) is 23.8. The number of rotatable bonds is 7. The molecule has 4 N–H and O–H groups in total. The average molecular weight is 1300 g/mol. The molecule has 0 saturated carbocycles. The SMILES string of the molecule is C1=Cc2nc1cc1ccc([n-]1)c(-c1cncs1)c1nc(cc3ccc([n-]3)c2-c2cncs2)C=C1.C1=Cc2nc1cc1ccc([nH]1)c(-c1cncs1)c1ccc(cc3nc(c2-c2cncs2)C=C3)[nH]1.O=Cc1cncs1.[Cl-].[Mn+3].c1c[nH]c(Cc2ccc[nH]2)c1. The van der Waals surface area contributed by atoms with Crippen molar-refractivity contribution in [2.75, 3.05) is 0 Å².